The topological polar surface area (TPSA) is 64.1 Å². The lowest BCUT2D eigenvalue weighted by atomic mass is 9.91. The second kappa shape index (κ2) is 4.92. The second-order valence-corrected chi connectivity index (χ2v) is 6.23. The molecule has 0 amide bonds. The Bertz CT molecular complexity index is 1030. The Morgan fingerprint density at radius 1 is 1.16 bits per heavy atom. The summed E-state index contributed by atoms with van der Waals surface area (Å²) in [4.78, 5) is 6.76. The molecule has 2 aliphatic heterocycles. The van der Waals surface area contributed by atoms with E-state index in [2.05, 4.69) is 16.0 Å². The lowest BCUT2D eigenvalue weighted by Crippen LogP contribution is -2.22. The summed E-state index contributed by atoms with van der Waals surface area (Å²) in [5, 5.41) is 11.5. The van der Waals surface area contributed by atoms with E-state index in [9.17, 15) is 5.11 Å². The van der Waals surface area contributed by atoms with Crippen LogP contribution < -0.4 is 19.1 Å². The molecular formula is C19H16N2O4. The molecule has 2 aliphatic rings. The van der Waals surface area contributed by atoms with Gasteiger partial charge in [0.1, 0.15) is 0 Å². The summed E-state index contributed by atoms with van der Waals surface area (Å²) in [5.74, 6) is 1.88. The number of phenols is 1. The molecule has 6 nitrogen and oxygen atoms in total. The van der Waals surface area contributed by atoms with E-state index in [1.54, 1.807) is 13.2 Å². The molecule has 1 N–H and O–H groups in total. The number of benzene rings is 2. The van der Waals surface area contributed by atoms with Crippen molar-refractivity contribution in [2.24, 2.45) is 0 Å². The number of hydrogen-bond donors (Lipinski definition) is 1. The summed E-state index contributed by atoms with van der Waals surface area (Å²) in [6.45, 7) is 0.772. The fourth-order valence-electron chi connectivity index (χ4n) is 3.66. The molecule has 0 aliphatic carbocycles. The smallest absolute Gasteiger partial charge is 0.260 e. The largest absolute Gasteiger partial charge is 0.504 e. The number of nitrogens with zero attached hydrogens (tertiary/aromatic N) is 2. The van der Waals surface area contributed by atoms with Gasteiger partial charge in [0.2, 0.25) is 6.79 Å². The van der Waals surface area contributed by atoms with Crippen LogP contribution in [0.4, 0.5) is 5.69 Å². The van der Waals surface area contributed by atoms with Gasteiger partial charge in [-0.25, -0.2) is 4.98 Å². The molecule has 5 rings (SSSR count). The van der Waals surface area contributed by atoms with Crippen LogP contribution in [0, 0.1) is 0 Å². The molecule has 0 saturated carbocycles. The van der Waals surface area contributed by atoms with Crippen molar-refractivity contribution in [2.45, 2.75) is 6.54 Å². The standard InChI is InChI=1S/C19H16N2O4/c1-21-8-13-11(5-6-14(23-2)18(13)22)12-4-3-10-7-15-19(25-9-24-15)20-16(10)17(12)21/h3-7,22H,8-9H2,1-2H3. The average molecular weight is 336 g/mol. The van der Waals surface area contributed by atoms with Crippen molar-refractivity contribution in [3.63, 3.8) is 0 Å². The predicted molar refractivity (Wildman–Crippen MR) is 93.6 cm³/mol. The van der Waals surface area contributed by atoms with Gasteiger partial charge < -0.3 is 24.2 Å². The summed E-state index contributed by atoms with van der Waals surface area (Å²) >= 11 is 0. The van der Waals surface area contributed by atoms with Gasteiger partial charge in [-0.2, -0.15) is 0 Å². The normalized spacial score (nSPS) is 14.4. The fourth-order valence-corrected chi connectivity index (χ4v) is 3.66. The van der Waals surface area contributed by atoms with Gasteiger partial charge in [-0.1, -0.05) is 12.1 Å². The zero-order valence-electron chi connectivity index (χ0n) is 13.9. The Hall–Kier alpha value is -3.15. The molecule has 0 radical (unpaired) electrons. The molecule has 0 unspecified atom stereocenters. The predicted octanol–water partition coefficient (Wildman–Crippen LogP) is 3.29. The molecule has 126 valence electrons. The van der Waals surface area contributed by atoms with Crippen molar-refractivity contribution in [1.82, 2.24) is 4.98 Å². The number of phenolic OH excluding ortho intramolecular Hbond substituents is 1. The van der Waals surface area contributed by atoms with Gasteiger partial charge in [0, 0.05) is 30.1 Å². The minimum atomic E-state index is 0.191. The third-order valence-electron chi connectivity index (χ3n) is 4.84. The minimum absolute atomic E-state index is 0.191. The van der Waals surface area contributed by atoms with Crippen LogP contribution in [0.1, 0.15) is 5.56 Å². The highest BCUT2D eigenvalue weighted by Gasteiger charge is 2.27. The highest BCUT2D eigenvalue weighted by molar-refractivity contribution is 6.02. The number of fused-ring (bicyclic) bond motifs is 6. The van der Waals surface area contributed by atoms with Gasteiger partial charge in [-0.05, 0) is 23.8 Å². The molecule has 1 aromatic heterocycles. The Kier molecular flexibility index (Phi) is 2.80. The van der Waals surface area contributed by atoms with Crippen LogP contribution in [0.3, 0.4) is 0 Å². The molecule has 0 saturated heterocycles. The first-order valence-corrected chi connectivity index (χ1v) is 8.01. The molecular weight excluding hydrogens is 320 g/mol. The van der Waals surface area contributed by atoms with Crippen LogP contribution in [0.2, 0.25) is 0 Å². The van der Waals surface area contributed by atoms with Crippen molar-refractivity contribution < 1.29 is 19.3 Å². The monoisotopic (exact) mass is 336 g/mol. The van der Waals surface area contributed by atoms with Gasteiger partial charge in [0.05, 0.1) is 18.3 Å². The van der Waals surface area contributed by atoms with E-state index >= 15 is 0 Å². The first-order valence-electron chi connectivity index (χ1n) is 8.01. The van der Waals surface area contributed by atoms with Gasteiger partial charge in [0.25, 0.3) is 5.88 Å². The van der Waals surface area contributed by atoms with Crippen molar-refractivity contribution >= 4 is 16.6 Å². The van der Waals surface area contributed by atoms with Crippen molar-refractivity contribution in [2.75, 3.05) is 25.9 Å². The first kappa shape index (κ1) is 14.2. The van der Waals surface area contributed by atoms with E-state index < -0.39 is 0 Å². The maximum absolute atomic E-state index is 10.5. The third kappa shape index (κ3) is 1.88. The Balaban J connectivity index is 1.81. The fraction of sp³-hybridized carbons (Fsp3) is 0.211. The number of methoxy groups -OCH3 is 1. The van der Waals surface area contributed by atoms with E-state index in [0.717, 1.165) is 33.3 Å². The number of rotatable bonds is 1. The SMILES string of the molecule is COc1ccc2c(c1O)CN(C)c1c-2ccc2cc3c(nc12)OCO3. The zero-order chi connectivity index (χ0) is 17.1. The lowest BCUT2D eigenvalue weighted by molar-refractivity contribution is 0.171. The quantitative estimate of drug-likeness (QED) is 0.736. The van der Waals surface area contributed by atoms with Crippen molar-refractivity contribution in [1.29, 1.82) is 0 Å². The van der Waals surface area contributed by atoms with E-state index in [-0.39, 0.29) is 12.5 Å². The van der Waals surface area contributed by atoms with Crippen LogP contribution in [0.5, 0.6) is 23.1 Å². The van der Waals surface area contributed by atoms with Crippen LogP contribution in [-0.2, 0) is 6.54 Å². The molecule has 0 fully saturated rings. The Morgan fingerprint density at radius 3 is 2.84 bits per heavy atom. The Morgan fingerprint density at radius 2 is 2.00 bits per heavy atom. The number of pyridine rings is 1. The maximum atomic E-state index is 10.5. The van der Waals surface area contributed by atoms with Crippen LogP contribution >= 0.6 is 0 Å². The number of anilines is 1. The minimum Gasteiger partial charge on any atom is -0.504 e. The summed E-state index contributed by atoms with van der Waals surface area (Å²) < 4.78 is 16.1. The van der Waals surface area contributed by atoms with Crippen LogP contribution in [-0.4, -0.2) is 31.0 Å². The lowest BCUT2D eigenvalue weighted by Gasteiger charge is -2.31. The maximum Gasteiger partial charge on any atom is 0.260 e. The van der Waals surface area contributed by atoms with Gasteiger partial charge in [-0.15, -0.1) is 0 Å². The molecule has 25 heavy (non-hydrogen) atoms. The average Bonchev–Trinajstić information content (AvgIpc) is 3.07. The van der Waals surface area contributed by atoms with Gasteiger partial charge >= 0.3 is 0 Å². The molecule has 3 heterocycles. The summed E-state index contributed by atoms with van der Waals surface area (Å²) in [7, 11) is 3.55. The number of ether oxygens (including phenoxy) is 3. The van der Waals surface area contributed by atoms with Crippen molar-refractivity contribution in [3.05, 3.63) is 35.9 Å². The Labute approximate surface area is 144 Å². The highest BCUT2D eigenvalue weighted by atomic mass is 16.7. The summed E-state index contributed by atoms with van der Waals surface area (Å²) in [5.41, 5.74) is 4.76. The summed E-state index contributed by atoms with van der Waals surface area (Å²) in [6.07, 6.45) is 0. The summed E-state index contributed by atoms with van der Waals surface area (Å²) in [6, 6.07) is 9.81. The third-order valence-corrected chi connectivity index (χ3v) is 4.84. The highest BCUT2D eigenvalue weighted by Crippen LogP contribution is 2.48. The van der Waals surface area contributed by atoms with Gasteiger partial charge in [-0.3, -0.25) is 0 Å². The van der Waals surface area contributed by atoms with E-state index in [1.165, 1.54) is 0 Å². The van der Waals surface area contributed by atoms with Crippen LogP contribution in [0.15, 0.2) is 30.3 Å². The van der Waals surface area contributed by atoms with E-state index in [1.807, 2.05) is 25.2 Å². The van der Waals surface area contributed by atoms with E-state index in [4.69, 9.17) is 14.2 Å². The molecule has 2 aromatic carbocycles. The zero-order valence-corrected chi connectivity index (χ0v) is 13.9. The molecule has 0 spiro atoms. The van der Waals surface area contributed by atoms with Crippen molar-refractivity contribution in [3.8, 4) is 34.3 Å². The first-order chi connectivity index (χ1) is 12.2. The van der Waals surface area contributed by atoms with Gasteiger partial charge in [0.15, 0.2) is 17.2 Å². The number of hydrogen-bond acceptors (Lipinski definition) is 6. The molecule has 3 aromatic rings. The second-order valence-electron chi connectivity index (χ2n) is 6.23. The number of aromatic nitrogens is 1. The molecule has 0 bridgehead atoms. The van der Waals surface area contributed by atoms with Crippen LogP contribution in [0.25, 0.3) is 22.0 Å². The number of aromatic hydroxyl groups is 1. The molecule has 0 atom stereocenters. The van der Waals surface area contributed by atoms with E-state index in [0.29, 0.717) is 23.9 Å². The molecule has 6 heteroatoms.